The van der Waals surface area contributed by atoms with E-state index in [1.165, 1.54) is 12.1 Å². The standard InChI is InChI=1S/C13H18F2N2O2S/c1-8-2-3-10(14)12(13(8)15)11(17-16)6-9-4-5-20(18,19)7-9/h2-3,9,11,17H,4-7,16H2,1H3. The monoisotopic (exact) mass is 304 g/mol. The lowest BCUT2D eigenvalue weighted by atomic mass is 9.93. The summed E-state index contributed by atoms with van der Waals surface area (Å²) in [7, 11) is -3.02. The van der Waals surface area contributed by atoms with Crippen LogP contribution in [-0.2, 0) is 9.84 Å². The maximum atomic E-state index is 14.1. The Balaban J connectivity index is 2.23. The summed E-state index contributed by atoms with van der Waals surface area (Å²) in [6, 6.07) is 1.83. The summed E-state index contributed by atoms with van der Waals surface area (Å²) < 4.78 is 50.8. The lowest BCUT2D eigenvalue weighted by molar-refractivity contribution is 0.393. The third-order valence-electron chi connectivity index (χ3n) is 3.77. The molecule has 0 amide bonds. The summed E-state index contributed by atoms with van der Waals surface area (Å²) in [5.74, 6) is 4.17. The highest BCUT2D eigenvalue weighted by molar-refractivity contribution is 7.91. The van der Waals surface area contributed by atoms with E-state index in [1.807, 2.05) is 0 Å². The second kappa shape index (κ2) is 5.75. The van der Waals surface area contributed by atoms with Crippen molar-refractivity contribution in [1.29, 1.82) is 0 Å². The Morgan fingerprint density at radius 2 is 2.15 bits per heavy atom. The van der Waals surface area contributed by atoms with Crippen molar-refractivity contribution in [2.75, 3.05) is 11.5 Å². The van der Waals surface area contributed by atoms with Gasteiger partial charge >= 0.3 is 0 Å². The van der Waals surface area contributed by atoms with Gasteiger partial charge in [0.05, 0.1) is 17.5 Å². The third kappa shape index (κ3) is 3.16. The van der Waals surface area contributed by atoms with Crippen LogP contribution in [0.1, 0.15) is 30.0 Å². The van der Waals surface area contributed by atoms with E-state index in [4.69, 9.17) is 5.84 Å². The van der Waals surface area contributed by atoms with Crippen LogP contribution >= 0.6 is 0 Å². The molecule has 0 bridgehead atoms. The van der Waals surface area contributed by atoms with Crippen LogP contribution in [0.15, 0.2) is 12.1 Å². The number of halogens is 2. The fraction of sp³-hybridized carbons (Fsp3) is 0.538. The van der Waals surface area contributed by atoms with Gasteiger partial charge in [0.2, 0.25) is 0 Å². The van der Waals surface area contributed by atoms with Crippen LogP contribution in [0.4, 0.5) is 8.78 Å². The molecule has 4 nitrogen and oxygen atoms in total. The summed E-state index contributed by atoms with van der Waals surface area (Å²) in [4.78, 5) is 0. The van der Waals surface area contributed by atoms with Crippen molar-refractivity contribution in [3.05, 3.63) is 34.9 Å². The first-order chi connectivity index (χ1) is 9.34. The van der Waals surface area contributed by atoms with Crippen molar-refractivity contribution in [3.63, 3.8) is 0 Å². The van der Waals surface area contributed by atoms with E-state index in [9.17, 15) is 17.2 Å². The van der Waals surface area contributed by atoms with Gasteiger partial charge in [-0.1, -0.05) is 6.07 Å². The Kier molecular flexibility index (Phi) is 4.41. The second-order valence-corrected chi connectivity index (χ2v) is 7.54. The summed E-state index contributed by atoms with van der Waals surface area (Å²) in [5, 5.41) is 0. The van der Waals surface area contributed by atoms with Gasteiger partial charge in [-0.15, -0.1) is 0 Å². The number of hydrogen-bond acceptors (Lipinski definition) is 4. The molecule has 1 aromatic rings. The molecule has 112 valence electrons. The molecule has 1 aromatic carbocycles. The van der Waals surface area contributed by atoms with E-state index in [0.717, 1.165) is 0 Å². The average molecular weight is 304 g/mol. The smallest absolute Gasteiger partial charge is 0.150 e. The predicted octanol–water partition coefficient (Wildman–Crippen LogP) is 1.60. The van der Waals surface area contributed by atoms with Crippen molar-refractivity contribution in [2.24, 2.45) is 11.8 Å². The Labute approximate surface area is 117 Å². The molecule has 2 rings (SSSR count). The zero-order chi connectivity index (χ0) is 14.9. The first-order valence-electron chi connectivity index (χ1n) is 6.45. The minimum absolute atomic E-state index is 0.0558. The van der Waals surface area contributed by atoms with Crippen LogP contribution in [0, 0.1) is 24.5 Å². The highest BCUT2D eigenvalue weighted by Gasteiger charge is 2.31. The lowest BCUT2D eigenvalue weighted by Crippen LogP contribution is -2.31. The van der Waals surface area contributed by atoms with Gasteiger partial charge in [0, 0.05) is 5.56 Å². The summed E-state index contributed by atoms with van der Waals surface area (Å²) in [6.07, 6.45) is 0.808. The number of aryl methyl sites for hydroxylation is 1. The topological polar surface area (TPSA) is 72.2 Å². The van der Waals surface area contributed by atoms with Crippen LogP contribution < -0.4 is 11.3 Å². The molecule has 1 heterocycles. The van der Waals surface area contributed by atoms with Crippen LogP contribution in [0.25, 0.3) is 0 Å². The first-order valence-corrected chi connectivity index (χ1v) is 8.27. The fourth-order valence-corrected chi connectivity index (χ4v) is 4.54. The molecule has 1 fully saturated rings. The Bertz CT molecular complexity index is 605. The minimum atomic E-state index is -3.02. The van der Waals surface area contributed by atoms with Gasteiger partial charge in [-0.3, -0.25) is 11.3 Å². The number of rotatable bonds is 4. The van der Waals surface area contributed by atoms with Gasteiger partial charge < -0.3 is 0 Å². The molecule has 2 unspecified atom stereocenters. The molecule has 20 heavy (non-hydrogen) atoms. The fourth-order valence-electron chi connectivity index (χ4n) is 2.66. The molecule has 1 saturated heterocycles. The van der Waals surface area contributed by atoms with E-state index in [-0.39, 0.29) is 23.0 Å². The largest absolute Gasteiger partial charge is 0.271 e. The molecule has 1 aliphatic heterocycles. The van der Waals surface area contributed by atoms with Crippen molar-refractivity contribution < 1.29 is 17.2 Å². The normalized spacial score (nSPS) is 22.9. The Hall–Kier alpha value is -1.05. The third-order valence-corrected chi connectivity index (χ3v) is 5.60. The quantitative estimate of drug-likeness (QED) is 0.655. The molecule has 1 aliphatic rings. The highest BCUT2D eigenvalue weighted by Crippen LogP contribution is 2.31. The minimum Gasteiger partial charge on any atom is -0.271 e. The van der Waals surface area contributed by atoms with Crippen molar-refractivity contribution in [1.82, 2.24) is 5.43 Å². The first kappa shape index (κ1) is 15.3. The number of sulfone groups is 1. The van der Waals surface area contributed by atoms with Gasteiger partial charge in [-0.25, -0.2) is 17.2 Å². The molecule has 0 aromatic heterocycles. The average Bonchev–Trinajstić information content (AvgIpc) is 2.72. The van der Waals surface area contributed by atoms with Crippen LogP contribution in [0.3, 0.4) is 0 Å². The van der Waals surface area contributed by atoms with E-state index in [0.29, 0.717) is 18.4 Å². The molecule has 7 heteroatoms. The van der Waals surface area contributed by atoms with Crippen LogP contribution in [-0.4, -0.2) is 19.9 Å². The molecule has 0 aliphatic carbocycles. The molecular weight excluding hydrogens is 286 g/mol. The maximum absolute atomic E-state index is 14.1. The molecule has 0 radical (unpaired) electrons. The summed E-state index contributed by atoms with van der Waals surface area (Å²) >= 11 is 0. The maximum Gasteiger partial charge on any atom is 0.150 e. The van der Waals surface area contributed by atoms with Gasteiger partial charge in [-0.2, -0.15) is 0 Å². The van der Waals surface area contributed by atoms with Crippen LogP contribution in [0.5, 0.6) is 0 Å². The van der Waals surface area contributed by atoms with E-state index < -0.39 is 27.5 Å². The molecule has 0 saturated carbocycles. The van der Waals surface area contributed by atoms with Crippen LogP contribution in [0.2, 0.25) is 0 Å². The lowest BCUT2D eigenvalue weighted by Gasteiger charge is -2.21. The Morgan fingerprint density at radius 3 is 2.70 bits per heavy atom. The molecule has 0 spiro atoms. The van der Waals surface area contributed by atoms with Crippen molar-refractivity contribution >= 4 is 9.84 Å². The van der Waals surface area contributed by atoms with Gasteiger partial charge in [0.15, 0.2) is 9.84 Å². The number of hydrazine groups is 1. The number of hydrogen-bond donors (Lipinski definition) is 2. The zero-order valence-corrected chi connectivity index (χ0v) is 12.0. The molecular formula is C13H18F2N2O2S. The predicted molar refractivity (Wildman–Crippen MR) is 72.5 cm³/mol. The zero-order valence-electron chi connectivity index (χ0n) is 11.2. The highest BCUT2D eigenvalue weighted by atomic mass is 32.2. The van der Waals surface area contributed by atoms with E-state index >= 15 is 0 Å². The van der Waals surface area contributed by atoms with Crippen molar-refractivity contribution in [3.8, 4) is 0 Å². The molecule has 3 N–H and O–H groups in total. The number of benzene rings is 1. The van der Waals surface area contributed by atoms with Gasteiger partial charge in [0.25, 0.3) is 0 Å². The SMILES string of the molecule is Cc1ccc(F)c(C(CC2CCS(=O)(=O)C2)NN)c1F. The summed E-state index contributed by atoms with van der Waals surface area (Å²) in [6.45, 7) is 1.55. The summed E-state index contributed by atoms with van der Waals surface area (Å²) in [5.41, 5.74) is 2.63. The van der Waals surface area contributed by atoms with Gasteiger partial charge in [-0.05, 0) is 37.3 Å². The van der Waals surface area contributed by atoms with E-state index in [2.05, 4.69) is 5.43 Å². The number of nitrogens with two attached hydrogens (primary N) is 1. The Morgan fingerprint density at radius 1 is 1.45 bits per heavy atom. The van der Waals surface area contributed by atoms with Crippen molar-refractivity contribution in [2.45, 2.75) is 25.8 Å². The molecule has 2 atom stereocenters. The second-order valence-electron chi connectivity index (χ2n) is 5.32. The van der Waals surface area contributed by atoms with Gasteiger partial charge in [0.1, 0.15) is 11.6 Å². The number of nitrogens with one attached hydrogen (secondary N) is 1. The van der Waals surface area contributed by atoms with E-state index in [1.54, 1.807) is 6.92 Å².